The SMILES string of the molecule is Cc1cc(F)c(C(C)NC2CCN(C)CC2)cc1F. The van der Waals surface area contributed by atoms with Crippen LogP contribution in [0.2, 0.25) is 0 Å². The molecule has 1 aromatic carbocycles. The highest BCUT2D eigenvalue weighted by molar-refractivity contribution is 5.27. The lowest BCUT2D eigenvalue weighted by Gasteiger charge is -2.31. The minimum atomic E-state index is -0.339. The lowest BCUT2D eigenvalue weighted by molar-refractivity contribution is 0.226. The Morgan fingerprint density at radius 2 is 1.84 bits per heavy atom. The molecule has 0 radical (unpaired) electrons. The number of nitrogens with one attached hydrogen (secondary N) is 1. The molecule has 0 aromatic heterocycles. The number of benzene rings is 1. The highest BCUT2D eigenvalue weighted by Crippen LogP contribution is 2.22. The molecule has 19 heavy (non-hydrogen) atoms. The van der Waals surface area contributed by atoms with Crippen molar-refractivity contribution in [2.75, 3.05) is 20.1 Å². The lowest BCUT2D eigenvalue weighted by atomic mass is 10.0. The third kappa shape index (κ3) is 3.51. The fourth-order valence-corrected chi connectivity index (χ4v) is 2.61. The van der Waals surface area contributed by atoms with E-state index in [1.54, 1.807) is 6.92 Å². The first-order chi connectivity index (χ1) is 8.97. The molecule has 2 nitrogen and oxygen atoms in total. The minimum absolute atomic E-state index is 0.163. The molecule has 0 aliphatic carbocycles. The molecule has 1 aliphatic rings. The van der Waals surface area contributed by atoms with E-state index < -0.39 is 0 Å². The van der Waals surface area contributed by atoms with E-state index in [4.69, 9.17) is 0 Å². The lowest BCUT2D eigenvalue weighted by Crippen LogP contribution is -2.41. The molecule has 1 heterocycles. The third-order valence-electron chi connectivity index (χ3n) is 3.95. The number of rotatable bonds is 3. The van der Waals surface area contributed by atoms with E-state index in [1.807, 2.05) is 6.92 Å². The van der Waals surface area contributed by atoms with Crippen molar-refractivity contribution < 1.29 is 8.78 Å². The van der Waals surface area contributed by atoms with Crippen LogP contribution in [0.15, 0.2) is 12.1 Å². The molecule has 1 N–H and O–H groups in total. The summed E-state index contributed by atoms with van der Waals surface area (Å²) in [5, 5.41) is 3.41. The van der Waals surface area contributed by atoms with Crippen molar-refractivity contribution >= 4 is 0 Å². The van der Waals surface area contributed by atoms with Crippen LogP contribution >= 0.6 is 0 Å². The van der Waals surface area contributed by atoms with Crippen molar-refractivity contribution in [1.82, 2.24) is 10.2 Å². The molecule has 0 amide bonds. The van der Waals surface area contributed by atoms with E-state index in [9.17, 15) is 8.78 Å². The molecular formula is C15H22F2N2. The molecule has 0 bridgehead atoms. The second kappa shape index (κ2) is 5.97. The molecule has 1 fully saturated rings. The van der Waals surface area contributed by atoms with Crippen LogP contribution in [0.1, 0.15) is 36.9 Å². The summed E-state index contributed by atoms with van der Waals surface area (Å²) >= 11 is 0. The number of likely N-dealkylation sites (tertiary alicyclic amines) is 1. The van der Waals surface area contributed by atoms with Gasteiger partial charge in [-0.1, -0.05) is 0 Å². The normalized spacial score (nSPS) is 19.6. The molecule has 4 heteroatoms. The van der Waals surface area contributed by atoms with Gasteiger partial charge in [-0.25, -0.2) is 8.78 Å². The first kappa shape index (κ1) is 14.4. The van der Waals surface area contributed by atoms with Crippen LogP contribution in [0.3, 0.4) is 0 Å². The fraction of sp³-hybridized carbons (Fsp3) is 0.600. The predicted octanol–water partition coefficient (Wildman–Crippen LogP) is 3.02. The van der Waals surface area contributed by atoms with Crippen LogP contribution in [0.25, 0.3) is 0 Å². The molecule has 2 rings (SSSR count). The number of nitrogens with zero attached hydrogens (tertiary/aromatic N) is 1. The quantitative estimate of drug-likeness (QED) is 0.906. The Morgan fingerprint density at radius 3 is 2.47 bits per heavy atom. The second-order valence-corrected chi connectivity index (χ2v) is 5.59. The average molecular weight is 268 g/mol. The van der Waals surface area contributed by atoms with Gasteiger partial charge in [-0.3, -0.25) is 0 Å². The fourth-order valence-electron chi connectivity index (χ4n) is 2.61. The van der Waals surface area contributed by atoms with Crippen LogP contribution in [-0.2, 0) is 0 Å². The molecule has 1 atom stereocenters. The first-order valence-corrected chi connectivity index (χ1v) is 6.87. The number of hydrogen-bond donors (Lipinski definition) is 1. The number of aryl methyl sites for hydroxylation is 1. The van der Waals surface area contributed by atoms with Gasteiger partial charge in [-0.15, -0.1) is 0 Å². The number of hydrogen-bond acceptors (Lipinski definition) is 2. The summed E-state index contributed by atoms with van der Waals surface area (Å²) in [5.41, 5.74) is 0.773. The van der Waals surface area contributed by atoms with E-state index in [1.165, 1.54) is 12.1 Å². The maximum Gasteiger partial charge on any atom is 0.128 e. The Bertz CT molecular complexity index is 440. The van der Waals surface area contributed by atoms with Gasteiger partial charge in [-0.05, 0) is 64.5 Å². The Hall–Kier alpha value is -1.00. The van der Waals surface area contributed by atoms with E-state index >= 15 is 0 Å². The summed E-state index contributed by atoms with van der Waals surface area (Å²) in [7, 11) is 2.11. The van der Waals surface area contributed by atoms with E-state index in [-0.39, 0.29) is 17.7 Å². The highest BCUT2D eigenvalue weighted by atomic mass is 19.1. The van der Waals surface area contributed by atoms with E-state index in [2.05, 4.69) is 17.3 Å². The first-order valence-electron chi connectivity index (χ1n) is 6.87. The zero-order valence-corrected chi connectivity index (χ0v) is 11.8. The van der Waals surface area contributed by atoms with Crippen molar-refractivity contribution in [2.45, 2.75) is 38.8 Å². The van der Waals surface area contributed by atoms with Gasteiger partial charge in [0.25, 0.3) is 0 Å². The smallest absolute Gasteiger partial charge is 0.128 e. The highest BCUT2D eigenvalue weighted by Gasteiger charge is 2.20. The monoisotopic (exact) mass is 268 g/mol. The molecule has 1 unspecified atom stereocenters. The largest absolute Gasteiger partial charge is 0.307 e. The van der Waals surface area contributed by atoms with E-state index in [0.29, 0.717) is 17.2 Å². The summed E-state index contributed by atoms with van der Waals surface area (Å²) in [6, 6.07) is 2.81. The van der Waals surface area contributed by atoms with Gasteiger partial charge >= 0.3 is 0 Å². The zero-order chi connectivity index (χ0) is 14.0. The van der Waals surface area contributed by atoms with Crippen molar-refractivity contribution in [2.24, 2.45) is 0 Å². The third-order valence-corrected chi connectivity index (χ3v) is 3.95. The molecule has 106 valence electrons. The van der Waals surface area contributed by atoms with Crippen LogP contribution in [-0.4, -0.2) is 31.1 Å². The van der Waals surface area contributed by atoms with E-state index in [0.717, 1.165) is 25.9 Å². The molecule has 0 spiro atoms. The zero-order valence-electron chi connectivity index (χ0n) is 11.8. The second-order valence-electron chi connectivity index (χ2n) is 5.59. The summed E-state index contributed by atoms with van der Waals surface area (Å²) in [6.07, 6.45) is 2.10. The summed E-state index contributed by atoms with van der Waals surface area (Å²) in [5.74, 6) is -0.666. The van der Waals surface area contributed by atoms with Crippen molar-refractivity contribution in [1.29, 1.82) is 0 Å². The van der Waals surface area contributed by atoms with Crippen molar-refractivity contribution in [3.8, 4) is 0 Å². The number of piperidine rings is 1. The van der Waals surface area contributed by atoms with Gasteiger partial charge in [0, 0.05) is 17.6 Å². The Balaban J connectivity index is 2.03. The molecule has 0 saturated carbocycles. The summed E-state index contributed by atoms with van der Waals surface area (Å²) in [6.45, 7) is 5.58. The van der Waals surface area contributed by atoms with Gasteiger partial charge in [0.2, 0.25) is 0 Å². The minimum Gasteiger partial charge on any atom is -0.307 e. The van der Waals surface area contributed by atoms with Crippen molar-refractivity contribution in [3.63, 3.8) is 0 Å². The van der Waals surface area contributed by atoms with Gasteiger partial charge in [0.1, 0.15) is 11.6 Å². The van der Waals surface area contributed by atoms with Crippen LogP contribution in [0.4, 0.5) is 8.78 Å². The number of halogens is 2. The predicted molar refractivity (Wildman–Crippen MR) is 73.2 cm³/mol. The molecule has 1 aromatic rings. The van der Waals surface area contributed by atoms with Crippen molar-refractivity contribution in [3.05, 3.63) is 34.9 Å². The molecular weight excluding hydrogens is 246 g/mol. The van der Waals surface area contributed by atoms with Gasteiger partial charge < -0.3 is 10.2 Å². The standard InChI is InChI=1S/C15H22F2N2/c1-10-8-15(17)13(9-14(10)16)11(2)18-12-4-6-19(3)7-5-12/h8-9,11-12,18H,4-7H2,1-3H3. The molecule has 1 aliphatic heterocycles. The van der Waals surface area contributed by atoms with Crippen LogP contribution in [0.5, 0.6) is 0 Å². The van der Waals surface area contributed by atoms with Gasteiger partial charge in [-0.2, -0.15) is 0 Å². The van der Waals surface area contributed by atoms with Crippen LogP contribution < -0.4 is 5.32 Å². The van der Waals surface area contributed by atoms with Gasteiger partial charge in [0.15, 0.2) is 0 Å². The summed E-state index contributed by atoms with van der Waals surface area (Å²) < 4.78 is 27.4. The Kier molecular flexibility index (Phi) is 4.53. The molecule has 1 saturated heterocycles. The topological polar surface area (TPSA) is 15.3 Å². The maximum atomic E-state index is 13.9. The van der Waals surface area contributed by atoms with Crippen LogP contribution in [0, 0.1) is 18.6 Å². The Morgan fingerprint density at radius 1 is 1.21 bits per heavy atom. The maximum absolute atomic E-state index is 13.9. The average Bonchev–Trinajstić information content (AvgIpc) is 2.36. The van der Waals surface area contributed by atoms with Gasteiger partial charge in [0.05, 0.1) is 0 Å². The summed E-state index contributed by atoms with van der Waals surface area (Å²) in [4.78, 5) is 2.29. The Labute approximate surface area is 113 Å².